The zero-order chi connectivity index (χ0) is 11.2. The lowest BCUT2D eigenvalue weighted by Crippen LogP contribution is -2.06. The van der Waals surface area contributed by atoms with E-state index < -0.39 is 5.60 Å². The highest BCUT2D eigenvalue weighted by molar-refractivity contribution is 5.83. The van der Waals surface area contributed by atoms with Gasteiger partial charge in [-0.15, -0.1) is 0 Å². The number of epoxide rings is 1. The van der Waals surface area contributed by atoms with Gasteiger partial charge in [-0.2, -0.15) is 5.26 Å². The van der Waals surface area contributed by atoms with Crippen LogP contribution in [0.4, 0.5) is 0 Å². The van der Waals surface area contributed by atoms with Crippen LogP contribution in [0.15, 0.2) is 42.5 Å². The number of fused-ring (bicyclic) bond motifs is 1. The Balaban J connectivity index is 2.11. The fraction of sp³-hybridized carbons (Fsp3) is 0.214. The SMILES string of the molecule is CC1(c2ccc3ccccc3c2)OC1C#N. The van der Waals surface area contributed by atoms with Crippen LogP contribution >= 0.6 is 0 Å². The van der Waals surface area contributed by atoms with Crippen molar-refractivity contribution in [1.82, 2.24) is 0 Å². The Labute approximate surface area is 94.1 Å². The summed E-state index contributed by atoms with van der Waals surface area (Å²) in [5, 5.41) is 11.2. The van der Waals surface area contributed by atoms with Gasteiger partial charge in [-0.1, -0.05) is 36.4 Å². The van der Waals surface area contributed by atoms with Gasteiger partial charge < -0.3 is 4.74 Å². The Kier molecular flexibility index (Phi) is 1.80. The van der Waals surface area contributed by atoms with Gasteiger partial charge in [0.25, 0.3) is 0 Å². The minimum absolute atomic E-state index is 0.298. The van der Waals surface area contributed by atoms with E-state index in [1.165, 1.54) is 10.8 Å². The van der Waals surface area contributed by atoms with Crippen molar-refractivity contribution >= 4 is 10.8 Å². The zero-order valence-electron chi connectivity index (χ0n) is 8.97. The van der Waals surface area contributed by atoms with Crippen LogP contribution < -0.4 is 0 Å². The highest BCUT2D eigenvalue weighted by atomic mass is 16.6. The average Bonchev–Trinajstić information content (AvgIpc) is 3.01. The zero-order valence-corrected chi connectivity index (χ0v) is 8.97. The average molecular weight is 209 g/mol. The van der Waals surface area contributed by atoms with Gasteiger partial charge in [0.2, 0.25) is 0 Å². The number of benzene rings is 2. The number of nitriles is 1. The van der Waals surface area contributed by atoms with Crippen molar-refractivity contribution in [3.05, 3.63) is 48.0 Å². The quantitative estimate of drug-likeness (QED) is 0.677. The first-order chi connectivity index (χ1) is 7.74. The summed E-state index contributed by atoms with van der Waals surface area (Å²) in [6, 6.07) is 16.6. The molecule has 2 nitrogen and oxygen atoms in total. The molecule has 0 aliphatic carbocycles. The Morgan fingerprint density at radius 1 is 1.19 bits per heavy atom. The fourth-order valence-corrected chi connectivity index (χ4v) is 2.08. The molecule has 1 fully saturated rings. The van der Waals surface area contributed by atoms with E-state index in [1.54, 1.807) is 0 Å². The molecular weight excluding hydrogens is 198 g/mol. The Morgan fingerprint density at radius 3 is 2.62 bits per heavy atom. The van der Waals surface area contributed by atoms with Gasteiger partial charge in [-0.25, -0.2) is 0 Å². The number of nitrogens with zero attached hydrogens (tertiary/aromatic N) is 1. The lowest BCUT2D eigenvalue weighted by Gasteiger charge is -2.06. The fourth-order valence-electron chi connectivity index (χ4n) is 2.08. The molecule has 1 saturated heterocycles. The molecular formula is C14H11NO. The molecule has 1 aliphatic heterocycles. The summed E-state index contributed by atoms with van der Waals surface area (Å²) in [6.07, 6.45) is -0.298. The van der Waals surface area contributed by atoms with Crippen LogP contribution in [0.3, 0.4) is 0 Å². The van der Waals surface area contributed by atoms with E-state index in [-0.39, 0.29) is 6.10 Å². The predicted octanol–water partition coefficient (Wildman–Crippen LogP) is 2.98. The minimum atomic E-state index is -0.404. The van der Waals surface area contributed by atoms with Gasteiger partial charge in [0.05, 0.1) is 6.07 Å². The van der Waals surface area contributed by atoms with Crippen LogP contribution in [-0.2, 0) is 10.3 Å². The van der Waals surface area contributed by atoms with Gasteiger partial charge in [-0.3, -0.25) is 0 Å². The van der Waals surface area contributed by atoms with Crippen LogP contribution in [0.2, 0.25) is 0 Å². The summed E-state index contributed by atoms with van der Waals surface area (Å²) in [5.41, 5.74) is 0.677. The molecule has 0 saturated carbocycles. The molecule has 0 aromatic heterocycles. The standard InChI is InChI=1S/C14H11NO/c1-14(13(9-15)16-14)12-7-6-10-4-2-3-5-11(10)8-12/h2-8,13H,1H3. The maximum absolute atomic E-state index is 8.84. The van der Waals surface area contributed by atoms with Crippen LogP contribution in [0.1, 0.15) is 12.5 Å². The number of hydrogen-bond donors (Lipinski definition) is 0. The molecule has 0 amide bonds. The minimum Gasteiger partial charge on any atom is -0.345 e. The van der Waals surface area contributed by atoms with Crippen molar-refractivity contribution < 1.29 is 4.74 Å². The first-order valence-electron chi connectivity index (χ1n) is 5.31. The lowest BCUT2D eigenvalue weighted by molar-refractivity contribution is 0.322. The predicted molar refractivity (Wildman–Crippen MR) is 61.8 cm³/mol. The summed E-state index contributed by atoms with van der Waals surface area (Å²) in [7, 11) is 0. The molecule has 2 unspecified atom stereocenters. The second kappa shape index (κ2) is 3.07. The van der Waals surface area contributed by atoms with Crippen molar-refractivity contribution in [3.63, 3.8) is 0 Å². The van der Waals surface area contributed by atoms with Gasteiger partial charge in [-0.05, 0) is 29.3 Å². The molecule has 3 rings (SSSR count). The van der Waals surface area contributed by atoms with Gasteiger partial charge in [0.15, 0.2) is 6.10 Å². The third-order valence-electron chi connectivity index (χ3n) is 3.25. The normalized spacial score (nSPS) is 27.6. The van der Waals surface area contributed by atoms with Crippen LogP contribution in [0.5, 0.6) is 0 Å². The topological polar surface area (TPSA) is 36.3 Å². The van der Waals surface area contributed by atoms with Gasteiger partial charge in [0.1, 0.15) is 5.60 Å². The summed E-state index contributed by atoms with van der Waals surface area (Å²) < 4.78 is 5.43. The molecule has 2 heteroatoms. The molecule has 1 heterocycles. The van der Waals surface area contributed by atoms with Crippen molar-refractivity contribution in [2.75, 3.05) is 0 Å². The van der Waals surface area contributed by atoms with E-state index in [0.717, 1.165) is 5.56 Å². The van der Waals surface area contributed by atoms with E-state index in [0.29, 0.717) is 0 Å². The summed E-state index contributed by atoms with van der Waals surface area (Å²) in [4.78, 5) is 0. The van der Waals surface area contributed by atoms with E-state index in [9.17, 15) is 0 Å². The third-order valence-corrected chi connectivity index (χ3v) is 3.25. The Hall–Kier alpha value is -1.85. The Morgan fingerprint density at radius 2 is 1.94 bits per heavy atom. The first-order valence-corrected chi connectivity index (χ1v) is 5.31. The highest BCUT2D eigenvalue weighted by Crippen LogP contribution is 2.45. The lowest BCUT2D eigenvalue weighted by atomic mass is 9.95. The van der Waals surface area contributed by atoms with Crippen molar-refractivity contribution in [2.24, 2.45) is 0 Å². The maximum atomic E-state index is 8.84. The second-order valence-electron chi connectivity index (χ2n) is 4.30. The second-order valence-corrected chi connectivity index (χ2v) is 4.30. The van der Waals surface area contributed by atoms with E-state index in [4.69, 9.17) is 10.00 Å². The molecule has 78 valence electrons. The molecule has 0 spiro atoms. The summed E-state index contributed by atoms with van der Waals surface area (Å²) in [5.74, 6) is 0. The van der Waals surface area contributed by atoms with Gasteiger partial charge in [0, 0.05) is 0 Å². The molecule has 0 radical (unpaired) electrons. The summed E-state index contributed by atoms with van der Waals surface area (Å²) in [6.45, 7) is 1.96. The molecule has 2 atom stereocenters. The molecule has 1 aliphatic rings. The molecule has 2 aromatic carbocycles. The first kappa shape index (κ1) is 9.38. The van der Waals surface area contributed by atoms with E-state index in [1.807, 2.05) is 25.1 Å². The monoisotopic (exact) mass is 209 g/mol. The smallest absolute Gasteiger partial charge is 0.178 e. The van der Waals surface area contributed by atoms with Crippen molar-refractivity contribution in [1.29, 1.82) is 5.26 Å². The molecule has 0 bridgehead atoms. The van der Waals surface area contributed by atoms with E-state index >= 15 is 0 Å². The molecule has 2 aromatic rings. The summed E-state index contributed by atoms with van der Waals surface area (Å²) >= 11 is 0. The van der Waals surface area contributed by atoms with Crippen LogP contribution in [0, 0.1) is 11.3 Å². The van der Waals surface area contributed by atoms with Crippen molar-refractivity contribution in [3.8, 4) is 6.07 Å². The van der Waals surface area contributed by atoms with Crippen LogP contribution in [0.25, 0.3) is 10.8 Å². The largest absolute Gasteiger partial charge is 0.345 e. The number of ether oxygens (including phenoxy) is 1. The highest BCUT2D eigenvalue weighted by Gasteiger charge is 2.54. The van der Waals surface area contributed by atoms with E-state index in [2.05, 4.69) is 30.3 Å². The Bertz CT molecular complexity index is 599. The molecule has 0 N–H and O–H groups in total. The number of rotatable bonds is 1. The maximum Gasteiger partial charge on any atom is 0.178 e. The van der Waals surface area contributed by atoms with Gasteiger partial charge >= 0.3 is 0 Å². The third kappa shape index (κ3) is 1.22. The van der Waals surface area contributed by atoms with Crippen molar-refractivity contribution in [2.45, 2.75) is 18.6 Å². The number of hydrogen-bond acceptors (Lipinski definition) is 2. The van der Waals surface area contributed by atoms with Crippen LogP contribution in [-0.4, -0.2) is 6.10 Å². The molecule has 16 heavy (non-hydrogen) atoms.